The van der Waals surface area contributed by atoms with Gasteiger partial charge in [-0.3, -0.25) is 9.59 Å². The van der Waals surface area contributed by atoms with Crippen LogP contribution in [0.5, 0.6) is 11.5 Å². The summed E-state index contributed by atoms with van der Waals surface area (Å²) in [5.41, 5.74) is 4.87. The summed E-state index contributed by atoms with van der Waals surface area (Å²) in [4.78, 5) is 25.9. The molecule has 33 heavy (non-hydrogen) atoms. The van der Waals surface area contributed by atoms with Gasteiger partial charge in [-0.2, -0.15) is 0 Å². The number of hydrogen-bond donors (Lipinski definition) is 2. The number of amides is 2. The Balaban J connectivity index is 1.70. The topological polar surface area (TPSA) is 79.7 Å². The van der Waals surface area contributed by atoms with Gasteiger partial charge in [-0.25, -0.2) is 0 Å². The van der Waals surface area contributed by atoms with E-state index in [1.54, 1.807) is 61.5 Å². The summed E-state index contributed by atoms with van der Waals surface area (Å²) in [6, 6.07) is 20.0. The highest BCUT2D eigenvalue weighted by molar-refractivity contribution is 6.30. The van der Waals surface area contributed by atoms with Gasteiger partial charge in [0, 0.05) is 16.1 Å². The normalized spacial score (nSPS) is 18.6. The zero-order chi connectivity index (χ0) is 23.4. The molecular formula is C25H23ClN3O4+. The predicted octanol–water partition coefficient (Wildman–Crippen LogP) is 3.37. The van der Waals surface area contributed by atoms with Crippen molar-refractivity contribution in [2.75, 3.05) is 14.2 Å². The lowest BCUT2D eigenvalue weighted by Crippen LogP contribution is -2.42. The first-order chi connectivity index (χ1) is 16.0. The molecule has 1 aliphatic heterocycles. The molecule has 0 aromatic heterocycles. The van der Waals surface area contributed by atoms with Crippen molar-refractivity contribution in [2.24, 2.45) is 0 Å². The first-order valence-corrected chi connectivity index (χ1v) is 10.6. The molecule has 1 saturated heterocycles. The Hall–Kier alpha value is -3.84. The number of nitrogens with zero attached hydrogens (tertiary/aromatic N) is 1. The number of benzene rings is 3. The van der Waals surface area contributed by atoms with Gasteiger partial charge < -0.3 is 14.8 Å². The second-order valence-corrected chi connectivity index (χ2v) is 7.87. The van der Waals surface area contributed by atoms with Gasteiger partial charge in [0.1, 0.15) is 11.5 Å². The molecule has 7 nitrogen and oxygen atoms in total. The third-order valence-corrected chi connectivity index (χ3v) is 5.66. The largest absolute Gasteiger partial charge is 0.497 e. The van der Waals surface area contributed by atoms with Crippen LogP contribution in [0.1, 0.15) is 27.5 Å². The Labute approximate surface area is 196 Å². The summed E-state index contributed by atoms with van der Waals surface area (Å²) in [6.07, 6.45) is 1.79. The average molecular weight is 465 g/mol. The number of ether oxygens (including phenoxy) is 2. The van der Waals surface area contributed by atoms with Crippen LogP contribution in [0.3, 0.4) is 0 Å². The molecule has 0 saturated carbocycles. The van der Waals surface area contributed by atoms with E-state index in [1.165, 1.54) is 0 Å². The van der Waals surface area contributed by atoms with Crippen molar-refractivity contribution in [2.45, 2.75) is 12.1 Å². The number of nitrogens with one attached hydrogen (secondary N) is 2. The molecule has 4 rings (SSSR count). The number of para-hydroxylation sites is 1. The third-order valence-electron chi connectivity index (χ3n) is 5.40. The molecule has 0 aliphatic carbocycles. The van der Waals surface area contributed by atoms with Crippen LogP contribution in [0, 0.1) is 0 Å². The Morgan fingerprint density at radius 1 is 1.00 bits per heavy atom. The lowest BCUT2D eigenvalue weighted by Gasteiger charge is -2.15. The molecule has 2 N–H and O–H groups in total. The minimum atomic E-state index is -0.841. The Bertz CT molecular complexity index is 1190. The second kappa shape index (κ2) is 9.75. The van der Waals surface area contributed by atoms with Crippen molar-refractivity contribution in [3.8, 4) is 11.5 Å². The van der Waals surface area contributed by atoms with Gasteiger partial charge in [-0.15, -0.1) is 10.1 Å². The summed E-state index contributed by atoms with van der Waals surface area (Å²) in [6.45, 7) is 0. The van der Waals surface area contributed by atoms with Crippen molar-refractivity contribution in [1.82, 2.24) is 10.7 Å². The maximum atomic E-state index is 13.0. The molecule has 0 unspecified atom stereocenters. The fourth-order valence-corrected chi connectivity index (χ4v) is 3.86. The van der Waals surface area contributed by atoms with Crippen LogP contribution in [0.4, 0.5) is 0 Å². The van der Waals surface area contributed by atoms with Gasteiger partial charge in [0.25, 0.3) is 5.91 Å². The summed E-state index contributed by atoms with van der Waals surface area (Å²) in [7, 11) is 3.14. The zero-order valence-corrected chi connectivity index (χ0v) is 18.9. The maximum Gasteiger partial charge on any atom is 0.304 e. The molecule has 3 aromatic carbocycles. The smallest absolute Gasteiger partial charge is 0.304 e. The Morgan fingerprint density at radius 3 is 2.36 bits per heavy atom. The lowest BCUT2D eigenvalue weighted by atomic mass is 9.99. The van der Waals surface area contributed by atoms with Crippen LogP contribution in [0.2, 0.25) is 5.02 Å². The van der Waals surface area contributed by atoms with E-state index in [0.29, 0.717) is 22.1 Å². The molecule has 1 aliphatic rings. The predicted molar refractivity (Wildman–Crippen MR) is 125 cm³/mol. The number of hydrogen-bond acceptors (Lipinski definition) is 4. The van der Waals surface area contributed by atoms with E-state index in [2.05, 4.69) is 10.7 Å². The third kappa shape index (κ3) is 4.83. The van der Waals surface area contributed by atoms with Gasteiger partial charge in [0.2, 0.25) is 12.3 Å². The minimum absolute atomic E-state index is 0.331. The molecule has 2 atom stereocenters. The standard InChI is InChI=1S/C25H22ClN3O4/c1-32-20-13-9-17(10-14-20)24(30)27-22-23(16-7-11-19(26)12-8-16)29(28-25(22)31)15-18-5-3-4-6-21(18)33-2/h3-15,22-23H,1-2H3,(H-,27,28,30,31)/p+1/b29-15-/t22-,23-/m0/s1. The number of halogens is 1. The molecule has 1 heterocycles. The first-order valence-electron chi connectivity index (χ1n) is 10.3. The molecule has 1 fully saturated rings. The number of hydrazone groups is 1. The fourth-order valence-electron chi connectivity index (χ4n) is 3.73. The summed E-state index contributed by atoms with van der Waals surface area (Å²) < 4.78 is 12.3. The first kappa shape index (κ1) is 22.4. The monoisotopic (exact) mass is 464 g/mol. The highest BCUT2D eigenvalue weighted by atomic mass is 35.5. The van der Waals surface area contributed by atoms with Crippen LogP contribution in [0.25, 0.3) is 0 Å². The average Bonchev–Trinajstić information content (AvgIpc) is 3.14. The number of carbonyl (C=O) groups is 2. The van der Waals surface area contributed by atoms with Crippen LogP contribution < -0.4 is 20.2 Å². The molecule has 2 amide bonds. The number of methoxy groups -OCH3 is 2. The quantitative estimate of drug-likeness (QED) is 0.548. The van der Waals surface area contributed by atoms with E-state index in [9.17, 15) is 9.59 Å². The van der Waals surface area contributed by atoms with Gasteiger partial charge in [0.15, 0.2) is 6.04 Å². The molecular weight excluding hydrogens is 442 g/mol. The highest BCUT2D eigenvalue weighted by Crippen LogP contribution is 2.27. The van der Waals surface area contributed by atoms with Crippen molar-refractivity contribution >= 4 is 29.6 Å². The van der Waals surface area contributed by atoms with E-state index in [1.807, 2.05) is 36.4 Å². The molecule has 168 valence electrons. The van der Waals surface area contributed by atoms with E-state index >= 15 is 0 Å². The van der Waals surface area contributed by atoms with Crippen LogP contribution in [0.15, 0.2) is 72.8 Å². The molecule has 3 aromatic rings. The number of rotatable bonds is 6. The Morgan fingerprint density at radius 2 is 1.70 bits per heavy atom. The maximum absolute atomic E-state index is 13.0. The van der Waals surface area contributed by atoms with Crippen molar-refractivity contribution in [1.29, 1.82) is 0 Å². The Kier molecular flexibility index (Phi) is 6.60. The molecule has 0 bridgehead atoms. The number of hydrazine groups is 1. The van der Waals surface area contributed by atoms with Gasteiger partial charge >= 0.3 is 5.91 Å². The molecule has 0 radical (unpaired) electrons. The number of carbonyl (C=O) groups excluding carboxylic acids is 2. The minimum Gasteiger partial charge on any atom is -0.497 e. The van der Waals surface area contributed by atoms with E-state index < -0.39 is 12.1 Å². The van der Waals surface area contributed by atoms with Crippen molar-refractivity contribution < 1.29 is 23.7 Å². The van der Waals surface area contributed by atoms with Crippen LogP contribution >= 0.6 is 11.6 Å². The van der Waals surface area contributed by atoms with E-state index in [-0.39, 0.29) is 11.8 Å². The van der Waals surface area contributed by atoms with Gasteiger partial charge in [-0.05, 0) is 48.5 Å². The summed E-state index contributed by atoms with van der Waals surface area (Å²) in [5.74, 6) is 0.605. The molecule has 0 spiro atoms. The van der Waals surface area contributed by atoms with E-state index in [4.69, 9.17) is 21.1 Å². The van der Waals surface area contributed by atoms with Gasteiger partial charge in [0.05, 0.1) is 19.8 Å². The van der Waals surface area contributed by atoms with Crippen LogP contribution in [-0.2, 0) is 4.79 Å². The molecule has 8 heteroatoms. The SMILES string of the molecule is COc1ccc(C(=O)N[C@@H]2C(=O)N/[N+](=C\c3ccccc3OC)[C@H]2c2ccc(Cl)cc2)cc1. The van der Waals surface area contributed by atoms with Crippen molar-refractivity contribution in [3.05, 3.63) is 94.5 Å². The fraction of sp³-hybridized carbons (Fsp3) is 0.160. The second-order valence-electron chi connectivity index (χ2n) is 7.43. The van der Waals surface area contributed by atoms with Gasteiger partial charge in [-0.1, -0.05) is 35.9 Å². The lowest BCUT2D eigenvalue weighted by molar-refractivity contribution is -0.596. The van der Waals surface area contributed by atoms with Crippen molar-refractivity contribution in [3.63, 3.8) is 0 Å². The summed E-state index contributed by atoms with van der Waals surface area (Å²) >= 11 is 6.08. The summed E-state index contributed by atoms with van der Waals surface area (Å²) in [5, 5.41) is 3.45. The highest BCUT2D eigenvalue weighted by Gasteiger charge is 2.47. The zero-order valence-electron chi connectivity index (χ0n) is 18.1. The van der Waals surface area contributed by atoms with E-state index in [0.717, 1.165) is 11.1 Å². The van der Waals surface area contributed by atoms with Crippen LogP contribution in [-0.4, -0.2) is 43.0 Å².